The molecule has 1 N–H and O–H groups in total. The Hall–Kier alpha value is -0.830. The summed E-state index contributed by atoms with van der Waals surface area (Å²) in [4.78, 5) is 0. The van der Waals surface area contributed by atoms with Crippen molar-refractivity contribution in [2.75, 3.05) is 6.54 Å². The second-order valence-corrected chi connectivity index (χ2v) is 4.55. The number of aromatic nitrogens is 2. The van der Waals surface area contributed by atoms with Gasteiger partial charge in [-0.15, -0.1) is 0 Å². The Bertz CT molecular complexity index is 252. The molecular weight excluding hydrogens is 198 g/mol. The first-order valence-corrected chi connectivity index (χ1v) is 6.47. The van der Waals surface area contributed by atoms with Crippen LogP contribution in [0.2, 0.25) is 0 Å². The van der Waals surface area contributed by atoms with Gasteiger partial charge in [0.1, 0.15) is 0 Å². The van der Waals surface area contributed by atoms with E-state index in [1.165, 1.54) is 12.8 Å². The van der Waals surface area contributed by atoms with E-state index in [1.807, 2.05) is 23.1 Å². The third kappa shape index (κ3) is 4.79. The second kappa shape index (κ2) is 7.44. The molecule has 0 amide bonds. The summed E-state index contributed by atoms with van der Waals surface area (Å²) in [7, 11) is 0. The van der Waals surface area contributed by atoms with Crippen molar-refractivity contribution < 1.29 is 0 Å². The molecule has 0 bridgehead atoms. The number of nitrogens with one attached hydrogen (secondary N) is 1. The van der Waals surface area contributed by atoms with Crippen LogP contribution in [0.15, 0.2) is 18.5 Å². The first-order chi connectivity index (χ1) is 7.76. The Morgan fingerprint density at radius 2 is 2.06 bits per heavy atom. The Morgan fingerprint density at radius 3 is 2.62 bits per heavy atom. The highest BCUT2D eigenvalue weighted by Gasteiger charge is 2.06. The Morgan fingerprint density at radius 1 is 1.31 bits per heavy atom. The molecular formula is C13H25N3. The smallest absolute Gasteiger partial charge is 0.0489 e. The second-order valence-electron chi connectivity index (χ2n) is 4.55. The van der Waals surface area contributed by atoms with Crippen LogP contribution in [0.3, 0.4) is 0 Å². The van der Waals surface area contributed by atoms with E-state index < -0.39 is 0 Å². The van der Waals surface area contributed by atoms with Crippen LogP contribution in [-0.2, 0) is 6.54 Å². The molecule has 0 aliphatic heterocycles. The van der Waals surface area contributed by atoms with Crippen LogP contribution < -0.4 is 5.32 Å². The fourth-order valence-electron chi connectivity index (χ4n) is 1.81. The maximum atomic E-state index is 4.20. The molecule has 3 heteroatoms. The minimum atomic E-state index is 0.574. The fraction of sp³-hybridized carbons (Fsp3) is 0.769. The van der Waals surface area contributed by atoms with Crippen LogP contribution >= 0.6 is 0 Å². The molecule has 0 aliphatic rings. The summed E-state index contributed by atoms with van der Waals surface area (Å²) < 4.78 is 2.00. The number of nitrogens with zero attached hydrogens (tertiary/aromatic N) is 2. The highest BCUT2D eigenvalue weighted by molar-refractivity contribution is 4.78. The van der Waals surface area contributed by atoms with Gasteiger partial charge in [-0.2, -0.15) is 5.10 Å². The lowest BCUT2D eigenvalue weighted by molar-refractivity contribution is 0.392. The molecule has 1 heterocycles. The SMILES string of the molecule is CCC(CC)CNC(C)CCn1cccn1. The maximum Gasteiger partial charge on any atom is 0.0489 e. The number of hydrogen-bond donors (Lipinski definition) is 1. The molecule has 92 valence electrons. The summed E-state index contributed by atoms with van der Waals surface area (Å²) in [5.74, 6) is 0.826. The molecule has 3 nitrogen and oxygen atoms in total. The lowest BCUT2D eigenvalue weighted by Gasteiger charge is -2.18. The van der Waals surface area contributed by atoms with Gasteiger partial charge in [0.05, 0.1) is 0 Å². The average molecular weight is 223 g/mol. The molecule has 1 rings (SSSR count). The van der Waals surface area contributed by atoms with E-state index in [2.05, 4.69) is 31.2 Å². The highest BCUT2D eigenvalue weighted by Crippen LogP contribution is 2.06. The van der Waals surface area contributed by atoms with E-state index in [4.69, 9.17) is 0 Å². The topological polar surface area (TPSA) is 29.9 Å². The van der Waals surface area contributed by atoms with Gasteiger partial charge in [0.2, 0.25) is 0 Å². The number of hydrogen-bond acceptors (Lipinski definition) is 2. The molecule has 16 heavy (non-hydrogen) atoms. The predicted octanol–water partition coefficient (Wildman–Crippen LogP) is 2.69. The minimum Gasteiger partial charge on any atom is -0.314 e. The van der Waals surface area contributed by atoms with Crippen LogP contribution in [0.1, 0.15) is 40.0 Å². The molecule has 0 aliphatic carbocycles. The molecule has 0 spiro atoms. The Balaban J connectivity index is 2.13. The molecule has 0 saturated carbocycles. The molecule has 1 unspecified atom stereocenters. The quantitative estimate of drug-likeness (QED) is 0.734. The summed E-state index contributed by atoms with van der Waals surface area (Å²) in [5.41, 5.74) is 0. The molecule has 0 aromatic carbocycles. The van der Waals surface area contributed by atoms with Gasteiger partial charge in [-0.25, -0.2) is 0 Å². The van der Waals surface area contributed by atoms with E-state index in [0.29, 0.717) is 6.04 Å². The summed E-state index contributed by atoms with van der Waals surface area (Å²) in [6, 6.07) is 2.55. The molecule has 0 saturated heterocycles. The van der Waals surface area contributed by atoms with Crippen molar-refractivity contribution in [3.63, 3.8) is 0 Å². The number of aryl methyl sites for hydroxylation is 1. The molecule has 0 radical (unpaired) electrons. The van der Waals surface area contributed by atoms with Crippen LogP contribution in [0, 0.1) is 5.92 Å². The van der Waals surface area contributed by atoms with E-state index in [0.717, 1.165) is 25.4 Å². The normalized spacial score (nSPS) is 13.2. The van der Waals surface area contributed by atoms with Gasteiger partial charge in [-0.3, -0.25) is 4.68 Å². The van der Waals surface area contributed by atoms with E-state index in [9.17, 15) is 0 Å². The van der Waals surface area contributed by atoms with Crippen LogP contribution in [0.4, 0.5) is 0 Å². The Kier molecular flexibility index (Phi) is 6.16. The fourth-order valence-corrected chi connectivity index (χ4v) is 1.81. The lowest BCUT2D eigenvalue weighted by atomic mass is 10.0. The van der Waals surface area contributed by atoms with Gasteiger partial charge in [0.15, 0.2) is 0 Å². The molecule has 1 aromatic heterocycles. The average Bonchev–Trinajstić information content (AvgIpc) is 2.80. The van der Waals surface area contributed by atoms with Gasteiger partial charge >= 0.3 is 0 Å². The van der Waals surface area contributed by atoms with E-state index in [-0.39, 0.29) is 0 Å². The van der Waals surface area contributed by atoms with Gasteiger partial charge < -0.3 is 5.32 Å². The zero-order valence-corrected chi connectivity index (χ0v) is 10.8. The van der Waals surface area contributed by atoms with Gasteiger partial charge in [0.25, 0.3) is 0 Å². The summed E-state index contributed by atoms with van der Waals surface area (Å²) in [5, 5.41) is 7.81. The first-order valence-electron chi connectivity index (χ1n) is 6.47. The van der Waals surface area contributed by atoms with Crippen LogP contribution in [0.25, 0.3) is 0 Å². The van der Waals surface area contributed by atoms with Crippen molar-refractivity contribution in [3.8, 4) is 0 Å². The van der Waals surface area contributed by atoms with Crippen molar-refractivity contribution >= 4 is 0 Å². The largest absolute Gasteiger partial charge is 0.314 e. The van der Waals surface area contributed by atoms with E-state index in [1.54, 1.807) is 0 Å². The molecule has 1 aromatic rings. The third-order valence-electron chi connectivity index (χ3n) is 3.26. The molecule has 0 fully saturated rings. The third-order valence-corrected chi connectivity index (χ3v) is 3.26. The van der Waals surface area contributed by atoms with Crippen LogP contribution in [0.5, 0.6) is 0 Å². The van der Waals surface area contributed by atoms with E-state index >= 15 is 0 Å². The van der Waals surface area contributed by atoms with Crippen molar-refractivity contribution in [1.82, 2.24) is 15.1 Å². The lowest BCUT2D eigenvalue weighted by Crippen LogP contribution is -2.31. The highest BCUT2D eigenvalue weighted by atomic mass is 15.3. The summed E-state index contributed by atoms with van der Waals surface area (Å²) in [6.45, 7) is 8.94. The predicted molar refractivity (Wildman–Crippen MR) is 68.4 cm³/mol. The monoisotopic (exact) mass is 223 g/mol. The maximum absolute atomic E-state index is 4.20. The van der Waals surface area contributed by atoms with Gasteiger partial charge in [-0.05, 0) is 31.9 Å². The number of rotatable bonds is 8. The zero-order valence-electron chi connectivity index (χ0n) is 10.8. The van der Waals surface area contributed by atoms with Crippen molar-refractivity contribution in [2.24, 2.45) is 5.92 Å². The Labute approximate surface area is 99.2 Å². The van der Waals surface area contributed by atoms with Gasteiger partial charge in [-0.1, -0.05) is 26.7 Å². The van der Waals surface area contributed by atoms with Crippen molar-refractivity contribution in [2.45, 2.75) is 52.6 Å². The zero-order chi connectivity index (χ0) is 11.8. The summed E-state index contributed by atoms with van der Waals surface area (Å²) in [6.07, 6.45) is 7.54. The van der Waals surface area contributed by atoms with Gasteiger partial charge in [0, 0.05) is 25.0 Å². The van der Waals surface area contributed by atoms with Crippen LogP contribution in [-0.4, -0.2) is 22.4 Å². The summed E-state index contributed by atoms with van der Waals surface area (Å²) >= 11 is 0. The standard InChI is InChI=1S/C13H25N3/c1-4-13(5-2)11-14-12(3)7-10-16-9-6-8-15-16/h6,8-9,12-14H,4-5,7,10-11H2,1-3H3. The minimum absolute atomic E-state index is 0.574. The first kappa shape index (κ1) is 13.2. The molecule has 1 atom stereocenters. The van der Waals surface area contributed by atoms with Crippen molar-refractivity contribution in [3.05, 3.63) is 18.5 Å². The van der Waals surface area contributed by atoms with Crippen molar-refractivity contribution in [1.29, 1.82) is 0 Å².